The smallest absolute Gasteiger partial charge is 0.131 e. The molecule has 0 aromatic carbocycles. The average molecular weight is 262 g/mol. The number of carbonyl (C=O) groups excluding carboxylic acids is 1. The summed E-state index contributed by atoms with van der Waals surface area (Å²) in [6.07, 6.45) is 2.94. The quantitative estimate of drug-likeness (QED) is 0.817. The Morgan fingerprint density at radius 1 is 1.53 bits per heavy atom. The van der Waals surface area contributed by atoms with Crippen LogP contribution >= 0.6 is 0 Å². The number of pyridine rings is 1. The standard InChI is InChI=1S/C15H22N2O2/c1-11-7-15(19-3)9-13(16-11)10-17-6-4-5-14(17)8-12(2)18/h7,9,14H,4-6,8,10H2,1-3H3. The second-order valence-electron chi connectivity index (χ2n) is 5.31. The van der Waals surface area contributed by atoms with E-state index >= 15 is 0 Å². The number of ketones is 1. The van der Waals surface area contributed by atoms with Crippen molar-refractivity contribution in [3.63, 3.8) is 0 Å². The van der Waals surface area contributed by atoms with Gasteiger partial charge < -0.3 is 4.74 Å². The molecular weight excluding hydrogens is 240 g/mol. The molecule has 1 unspecified atom stereocenters. The Bertz CT molecular complexity index is 459. The summed E-state index contributed by atoms with van der Waals surface area (Å²) in [4.78, 5) is 18.2. The van der Waals surface area contributed by atoms with Gasteiger partial charge in [0.2, 0.25) is 0 Å². The number of aromatic nitrogens is 1. The maximum Gasteiger partial charge on any atom is 0.131 e. The minimum atomic E-state index is 0.270. The van der Waals surface area contributed by atoms with Crippen molar-refractivity contribution in [2.75, 3.05) is 13.7 Å². The summed E-state index contributed by atoms with van der Waals surface area (Å²) >= 11 is 0. The van der Waals surface area contributed by atoms with Crippen LogP contribution in [-0.2, 0) is 11.3 Å². The molecule has 0 amide bonds. The molecule has 0 aliphatic carbocycles. The van der Waals surface area contributed by atoms with Gasteiger partial charge in [0, 0.05) is 36.8 Å². The van der Waals surface area contributed by atoms with Crippen molar-refractivity contribution in [3.05, 3.63) is 23.5 Å². The Morgan fingerprint density at radius 2 is 2.32 bits per heavy atom. The van der Waals surface area contributed by atoms with Crippen molar-refractivity contribution >= 4 is 5.78 Å². The number of nitrogens with zero attached hydrogens (tertiary/aromatic N) is 2. The third kappa shape index (κ3) is 3.77. The number of Topliss-reactive ketones (excluding diaryl/α,β-unsaturated/α-hetero) is 1. The predicted octanol–water partition coefficient (Wildman–Crippen LogP) is 2.34. The third-order valence-corrected chi connectivity index (χ3v) is 3.60. The number of likely N-dealkylation sites (tertiary alicyclic amines) is 1. The molecule has 2 rings (SSSR count). The zero-order valence-electron chi connectivity index (χ0n) is 12.0. The first-order valence-corrected chi connectivity index (χ1v) is 6.83. The summed E-state index contributed by atoms with van der Waals surface area (Å²) < 4.78 is 5.28. The topological polar surface area (TPSA) is 42.4 Å². The first-order valence-electron chi connectivity index (χ1n) is 6.83. The Morgan fingerprint density at radius 3 is 3.00 bits per heavy atom. The highest BCUT2D eigenvalue weighted by atomic mass is 16.5. The van der Waals surface area contributed by atoms with E-state index in [9.17, 15) is 4.79 Å². The van der Waals surface area contributed by atoms with Crippen LogP contribution < -0.4 is 4.74 Å². The molecule has 1 aliphatic heterocycles. The number of hydrogen-bond donors (Lipinski definition) is 0. The number of aryl methyl sites for hydroxylation is 1. The fourth-order valence-electron chi connectivity index (χ4n) is 2.78. The maximum absolute atomic E-state index is 11.3. The van der Waals surface area contributed by atoms with E-state index in [1.165, 1.54) is 6.42 Å². The number of rotatable bonds is 5. The van der Waals surface area contributed by atoms with Gasteiger partial charge in [-0.3, -0.25) is 14.7 Å². The molecule has 4 heteroatoms. The number of carbonyl (C=O) groups is 1. The summed E-state index contributed by atoms with van der Waals surface area (Å²) in [5, 5.41) is 0. The molecule has 0 saturated carbocycles. The highest BCUT2D eigenvalue weighted by Gasteiger charge is 2.25. The largest absolute Gasteiger partial charge is 0.497 e. The predicted molar refractivity (Wildman–Crippen MR) is 74.3 cm³/mol. The molecule has 104 valence electrons. The van der Waals surface area contributed by atoms with Crippen LogP contribution in [0.5, 0.6) is 5.75 Å². The molecule has 1 aromatic heterocycles. The van der Waals surface area contributed by atoms with Crippen LogP contribution in [0.1, 0.15) is 37.6 Å². The van der Waals surface area contributed by atoms with Crippen molar-refractivity contribution in [1.82, 2.24) is 9.88 Å². The molecule has 2 heterocycles. The van der Waals surface area contributed by atoms with Crippen LogP contribution in [0, 0.1) is 6.92 Å². The summed E-state index contributed by atoms with van der Waals surface area (Å²) in [5.41, 5.74) is 1.99. The van der Waals surface area contributed by atoms with E-state index in [2.05, 4.69) is 9.88 Å². The van der Waals surface area contributed by atoms with Crippen LogP contribution in [0.25, 0.3) is 0 Å². The fraction of sp³-hybridized carbons (Fsp3) is 0.600. The summed E-state index contributed by atoms with van der Waals surface area (Å²) in [5.74, 6) is 1.12. The van der Waals surface area contributed by atoms with E-state index < -0.39 is 0 Å². The lowest BCUT2D eigenvalue weighted by Gasteiger charge is -2.23. The lowest BCUT2D eigenvalue weighted by atomic mass is 10.1. The number of methoxy groups -OCH3 is 1. The zero-order valence-corrected chi connectivity index (χ0v) is 12.0. The van der Waals surface area contributed by atoms with Gasteiger partial charge in [0.25, 0.3) is 0 Å². The minimum absolute atomic E-state index is 0.270. The van der Waals surface area contributed by atoms with Gasteiger partial charge in [-0.15, -0.1) is 0 Å². The van der Waals surface area contributed by atoms with E-state index in [0.717, 1.165) is 36.6 Å². The molecule has 0 bridgehead atoms. The van der Waals surface area contributed by atoms with E-state index in [0.29, 0.717) is 12.5 Å². The summed E-state index contributed by atoms with van der Waals surface area (Å²) in [7, 11) is 1.67. The Kier molecular flexibility index (Phi) is 4.53. The van der Waals surface area contributed by atoms with Gasteiger partial charge in [0.1, 0.15) is 11.5 Å². The SMILES string of the molecule is COc1cc(C)nc(CN2CCCC2CC(C)=O)c1. The molecular formula is C15H22N2O2. The third-order valence-electron chi connectivity index (χ3n) is 3.60. The molecule has 0 radical (unpaired) electrons. The molecule has 19 heavy (non-hydrogen) atoms. The summed E-state index contributed by atoms with van der Waals surface area (Å²) in [6.45, 7) is 5.50. The monoisotopic (exact) mass is 262 g/mol. The van der Waals surface area contributed by atoms with E-state index in [4.69, 9.17) is 4.74 Å². The van der Waals surface area contributed by atoms with Gasteiger partial charge in [-0.1, -0.05) is 0 Å². The molecule has 1 aromatic rings. The number of hydrogen-bond acceptors (Lipinski definition) is 4. The van der Waals surface area contributed by atoms with Crippen LogP contribution in [0.2, 0.25) is 0 Å². The van der Waals surface area contributed by atoms with E-state index in [1.54, 1.807) is 14.0 Å². The van der Waals surface area contributed by atoms with Gasteiger partial charge in [-0.25, -0.2) is 0 Å². The second kappa shape index (κ2) is 6.15. The first kappa shape index (κ1) is 14.0. The average Bonchev–Trinajstić information content (AvgIpc) is 2.75. The van der Waals surface area contributed by atoms with Crippen molar-refractivity contribution in [2.24, 2.45) is 0 Å². The van der Waals surface area contributed by atoms with Gasteiger partial charge in [-0.05, 0) is 33.2 Å². The fourth-order valence-corrected chi connectivity index (χ4v) is 2.78. The molecule has 0 N–H and O–H groups in total. The van der Waals surface area contributed by atoms with Crippen LogP contribution in [-0.4, -0.2) is 35.4 Å². The molecule has 1 saturated heterocycles. The second-order valence-corrected chi connectivity index (χ2v) is 5.31. The van der Waals surface area contributed by atoms with E-state index in [-0.39, 0.29) is 5.78 Å². The van der Waals surface area contributed by atoms with Gasteiger partial charge in [-0.2, -0.15) is 0 Å². The first-order chi connectivity index (χ1) is 9.08. The normalized spacial score (nSPS) is 19.6. The van der Waals surface area contributed by atoms with Gasteiger partial charge in [0.15, 0.2) is 0 Å². The van der Waals surface area contributed by atoms with Crippen molar-refractivity contribution in [2.45, 2.75) is 45.7 Å². The Balaban J connectivity index is 2.07. The van der Waals surface area contributed by atoms with Crippen LogP contribution in [0.3, 0.4) is 0 Å². The van der Waals surface area contributed by atoms with Crippen LogP contribution in [0.15, 0.2) is 12.1 Å². The van der Waals surface area contributed by atoms with Crippen molar-refractivity contribution in [3.8, 4) is 5.75 Å². The van der Waals surface area contributed by atoms with Crippen molar-refractivity contribution in [1.29, 1.82) is 0 Å². The van der Waals surface area contributed by atoms with E-state index in [1.807, 2.05) is 19.1 Å². The molecule has 0 spiro atoms. The van der Waals surface area contributed by atoms with Crippen molar-refractivity contribution < 1.29 is 9.53 Å². The van der Waals surface area contributed by atoms with Gasteiger partial charge >= 0.3 is 0 Å². The van der Waals surface area contributed by atoms with Crippen LogP contribution in [0.4, 0.5) is 0 Å². The lowest BCUT2D eigenvalue weighted by molar-refractivity contribution is -0.118. The molecule has 1 aliphatic rings. The molecule has 4 nitrogen and oxygen atoms in total. The summed E-state index contributed by atoms with van der Waals surface area (Å²) in [6, 6.07) is 4.29. The molecule has 1 fully saturated rings. The minimum Gasteiger partial charge on any atom is -0.497 e. The highest BCUT2D eigenvalue weighted by molar-refractivity contribution is 5.76. The number of ether oxygens (including phenoxy) is 1. The highest BCUT2D eigenvalue weighted by Crippen LogP contribution is 2.23. The Labute approximate surface area is 114 Å². The Hall–Kier alpha value is -1.42. The lowest BCUT2D eigenvalue weighted by Crippen LogP contribution is -2.30. The van der Waals surface area contributed by atoms with Gasteiger partial charge in [0.05, 0.1) is 12.8 Å². The maximum atomic E-state index is 11.3. The molecule has 1 atom stereocenters. The zero-order chi connectivity index (χ0) is 13.8.